The summed E-state index contributed by atoms with van der Waals surface area (Å²) in [5, 5.41) is 0. The number of sulfonamides is 1. The van der Waals surface area contributed by atoms with E-state index in [2.05, 4.69) is 40.0 Å². The third-order valence-electron chi connectivity index (χ3n) is 6.54. The monoisotopic (exact) mass is 443 g/mol. The molecule has 168 valence electrons. The molecule has 2 aromatic carbocycles. The number of amides is 1. The van der Waals surface area contributed by atoms with E-state index in [0.717, 1.165) is 13.1 Å². The maximum atomic E-state index is 13.0. The standard InChI is InChI=1S/C24H31N3O3S.H2/c1-2-19-31(29,30)25-22-11-9-20(10-12-22)23(28)26-15-17-27(18-16-26)24(13-6-14-24)21-7-4-3-5-8-21;/h3-5,7-12,25H,2,6,13-19H2,1H3;1H. The molecular formula is C24H33N3O3S. The molecule has 4 rings (SSSR count). The number of benzene rings is 2. The minimum absolute atomic E-state index is 0. The molecule has 2 aromatic rings. The van der Waals surface area contributed by atoms with Crippen molar-refractivity contribution in [2.45, 2.75) is 38.1 Å². The quantitative estimate of drug-likeness (QED) is 0.704. The van der Waals surface area contributed by atoms with E-state index in [4.69, 9.17) is 0 Å². The van der Waals surface area contributed by atoms with Gasteiger partial charge in [0, 0.05) is 44.4 Å². The van der Waals surface area contributed by atoms with E-state index < -0.39 is 10.0 Å². The van der Waals surface area contributed by atoms with Crippen molar-refractivity contribution in [3.63, 3.8) is 0 Å². The number of hydrogen-bond acceptors (Lipinski definition) is 4. The van der Waals surface area contributed by atoms with E-state index >= 15 is 0 Å². The van der Waals surface area contributed by atoms with E-state index in [9.17, 15) is 13.2 Å². The van der Waals surface area contributed by atoms with E-state index in [1.165, 1.54) is 24.8 Å². The number of carbonyl (C=O) groups is 1. The molecule has 0 atom stereocenters. The first kappa shape index (κ1) is 21.8. The first-order valence-electron chi connectivity index (χ1n) is 11.1. The van der Waals surface area contributed by atoms with E-state index in [1.807, 2.05) is 11.8 Å². The summed E-state index contributed by atoms with van der Waals surface area (Å²) in [6, 6.07) is 17.5. The Balaban J connectivity index is 0.00000289. The minimum atomic E-state index is -3.33. The molecule has 1 heterocycles. The Hall–Kier alpha value is -2.38. The van der Waals surface area contributed by atoms with Crippen molar-refractivity contribution >= 4 is 21.6 Å². The van der Waals surface area contributed by atoms with Crippen LogP contribution in [0.4, 0.5) is 5.69 Å². The van der Waals surface area contributed by atoms with E-state index in [1.54, 1.807) is 24.3 Å². The minimum Gasteiger partial charge on any atom is -0.336 e. The van der Waals surface area contributed by atoms with Gasteiger partial charge in [-0.15, -0.1) is 0 Å². The van der Waals surface area contributed by atoms with Crippen LogP contribution < -0.4 is 4.72 Å². The van der Waals surface area contributed by atoms with Gasteiger partial charge in [0.1, 0.15) is 0 Å². The molecular weight excluding hydrogens is 410 g/mol. The summed E-state index contributed by atoms with van der Waals surface area (Å²) in [7, 11) is -3.33. The van der Waals surface area contributed by atoms with Gasteiger partial charge in [0.15, 0.2) is 0 Å². The van der Waals surface area contributed by atoms with Crippen LogP contribution in [0.1, 0.15) is 50.0 Å². The normalized spacial score (nSPS) is 18.9. The second kappa shape index (κ2) is 9.01. The molecule has 0 aromatic heterocycles. The number of piperazine rings is 1. The molecule has 2 fully saturated rings. The molecule has 1 saturated heterocycles. The lowest BCUT2D eigenvalue weighted by Gasteiger charge is -2.53. The highest BCUT2D eigenvalue weighted by molar-refractivity contribution is 7.92. The fraction of sp³-hybridized carbons (Fsp3) is 0.458. The van der Waals surface area contributed by atoms with Gasteiger partial charge in [0.2, 0.25) is 10.0 Å². The van der Waals surface area contributed by atoms with Gasteiger partial charge in [0.05, 0.1) is 5.75 Å². The maximum Gasteiger partial charge on any atom is 0.253 e. The van der Waals surface area contributed by atoms with Crippen LogP contribution in [0.25, 0.3) is 0 Å². The van der Waals surface area contributed by atoms with Crippen LogP contribution in [0.15, 0.2) is 54.6 Å². The molecule has 1 saturated carbocycles. The zero-order valence-corrected chi connectivity index (χ0v) is 18.9. The second-order valence-corrected chi connectivity index (χ2v) is 10.4. The summed E-state index contributed by atoms with van der Waals surface area (Å²) in [6.07, 6.45) is 4.17. The van der Waals surface area contributed by atoms with Crippen molar-refractivity contribution in [3.05, 3.63) is 65.7 Å². The van der Waals surface area contributed by atoms with Crippen LogP contribution in [0.2, 0.25) is 0 Å². The maximum absolute atomic E-state index is 13.0. The SMILES string of the molecule is CCCS(=O)(=O)Nc1ccc(C(=O)N2CCN(C3(c4ccccc4)CCC3)CC2)cc1.[HH]. The highest BCUT2D eigenvalue weighted by atomic mass is 32.2. The van der Waals surface area contributed by atoms with Gasteiger partial charge >= 0.3 is 0 Å². The van der Waals surface area contributed by atoms with Crippen molar-refractivity contribution in [3.8, 4) is 0 Å². The van der Waals surface area contributed by atoms with E-state index in [0.29, 0.717) is 30.8 Å². The van der Waals surface area contributed by atoms with Crippen LogP contribution in [-0.4, -0.2) is 56.1 Å². The van der Waals surface area contributed by atoms with E-state index in [-0.39, 0.29) is 18.6 Å². The summed E-state index contributed by atoms with van der Waals surface area (Å²) < 4.78 is 26.4. The first-order chi connectivity index (χ1) is 14.9. The fourth-order valence-electron chi connectivity index (χ4n) is 4.75. The Morgan fingerprint density at radius 1 is 1.00 bits per heavy atom. The molecule has 1 aliphatic carbocycles. The molecule has 6 nitrogen and oxygen atoms in total. The number of hydrogen-bond donors (Lipinski definition) is 1. The highest BCUT2D eigenvalue weighted by Gasteiger charge is 2.44. The molecule has 2 aliphatic rings. The second-order valence-electron chi connectivity index (χ2n) is 8.53. The molecule has 1 N–H and O–H groups in total. The Labute approximate surface area is 186 Å². The molecule has 1 amide bonds. The number of anilines is 1. The zero-order chi connectivity index (χ0) is 21.9. The smallest absolute Gasteiger partial charge is 0.253 e. The topological polar surface area (TPSA) is 69.7 Å². The number of nitrogens with one attached hydrogen (secondary N) is 1. The molecule has 0 bridgehead atoms. The molecule has 0 spiro atoms. The first-order valence-corrected chi connectivity index (χ1v) is 12.8. The third kappa shape index (κ3) is 4.62. The number of rotatable bonds is 7. The highest BCUT2D eigenvalue weighted by Crippen LogP contribution is 2.46. The van der Waals surface area contributed by atoms with Crippen LogP contribution in [0, 0.1) is 0 Å². The predicted molar refractivity (Wildman–Crippen MR) is 126 cm³/mol. The van der Waals surface area contributed by atoms with Gasteiger partial charge in [-0.1, -0.05) is 37.3 Å². The summed E-state index contributed by atoms with van der Waals surface area (Å²) >= 11 is 0. The Morgan fingerprint density at radius 3 is 2.19 bits per heavy atom. The zero-order valence-electron chi connectivity index (χ0n) is 18.1. The summed E-state index contributed by atoms with van der Waals surface area (Å²) in [5.74, 6) is 0.0904. The Morgan fingerprint density at radius 2 is 1.65 bits per heavy atom. The van der Waals surface area contributed by atoms with Crippen LogP contribution in [0.3, 0.4) is 0 Å². The summed E-state index contributed by atoms with van der Waals surface area (Å²) in [6.45, 7) is 4.98. The lowest BCUT2D eigenvalue weighted by molar-refractivity contribution is -0.0192. The molecule has 7 heteroatoms. The van der Waals surface area contributed by atoms with Crippen LogP contribution in [-0.2, 0) is 15.6 Å². The van der Waals surface area contributed by atoms with Gasteiger partial charge in [-0.25, -0.2) is 8.42 Å². The summed E-state index contributed by atoms with van der Waals surface area (Å²) in [5.41, 5.74) is 2.60. The largest absolute Gasteiger partial charge is 0.336 e. The molecule has 0 radical (unpaired) electrons. The van der Waals surface area contributed by atoms with Gasteiger partial charge in [-0.3, -0.25) is 14.4 Å². The van der Waals surface area contributed by atoms with Crippen molar-refractivity contribution in [1.29, 1.82) is 0 Å². The van der Waals surface area contributed by atoms with Gasteiger partial charge < -0.3 is 4.90 Å². The van der Waals surface area contributed by atoms with Crippen molar-refractivity contribution < 1.29 is 14.6 Å². The van der Waals surface area contributed by atoms with Crippen molar-refractivity contribution in [1.82, 2.24) is 9.80 Å². The average Bonchev–Trinajstić information content (AvgIpc) is 2.74. The predicted octanol–water partition coefficient (Wildman–Crippen LogP) is 3.92. The van der Waals surface area contributed by atoms with Crippen LogP contribution in [0.5, 0.6) is 0 Å². The van der Waals surface area contributed by atoms with Gasteiger partial charge in [-0.05, 0) is 55.5 Å². The fourth-order valence-corrected chi connectivity index (χ4v) is 5.88. The van der Waals surface area contributed by atoms with Crippen LogP contribution >= 0.6 is 0 Å². The van der Waals surface area contributed by atoms with Crippen molar-refractivity contribution in [2.75, 3.05) is 36.7 Å². The molecule has 31 heavy (non-hydrogen) atoms. The lowest BCUT2D eigenvalue weighted by atomic mass is 9.70. The third-order valence-corrected chi connectivity index (χ3v) is 8.03. The molecule has 1 aliphatic heterocycles. The van der Waals surface area contributed by atoms with Crippen molar-refractivity contribution in [2.24, 2.45) is 0 Å². The molecule has 0 unspecified atom stereocenters. The average molecular weight is 444 g/mol. The Bertz CT molecular complexity index is 1000. The number of carbonyl (C=O) groups excluding carboxylic acids is 1. The lowest BCUT2D eigenvalue weighted by Crippen LogP contribution is -2.59. The summed E-state index contributed by atoms with van der Waals surface area (Å²) in [4.78, 5) is 17.4. The number of nitrogens with zero attached hydrogens (tertiary/aromatic N) is 2. The van der Waals surface area contributed by atoms with Gasteiger partial charge in [-0.2, -0.15) is 0 Å². The Kier molecular flexibility index (Phi) is 6.34. The van der Waals surface area contributed by atoms with Gasteiger partial charge in [0.25, 0.3) is 5.91 Å².